The van der Waals surface area contributed by atoms with Gasteiger partial charge >= 0.3 is 0 Å². The Bertz CT molecular complexity index is 1460. The molecule has 1 atom stereocenters. The Kier molecular flexibility index (Phi) is 5.68. The third kappa shape index (κ3) is 3.79. The van der Waals surface area contributed by atoms with Gasteiger partial charge in [-0.15, -0.1) is 0 Å². The lowest BCUT2D eigenvalue weighted by Gasteiger charge is -2.23. The van der Waals surface area contributed by atoms with Gasteiger partial charge in [0.05, 0.1) is 18.9 Å². The van der Waals surface area contributed by atoms with E-state index in [2.05, 4.69) is 4.98 Å². The fraction of sp³-hybridized carbons (Fsp3) is 0.214. The highest BCUT2D eigenvalue weighted by molar-refractivity contribution is 6.46. The number of carbonyl (C=O) groups excluding carboxylic acids is 2. The molecule has 1 aliphatic rings. The molecule has 2 N–H and O–H groups in total. The van der Waals surface area contributed by atoms with Crippen LogP contribution in [0.1, 0.15) is 34.1 Å². The second-order valence-electron chi connectivity index (χ2n) is 8.75. The number of aliphatic hydroxyl groups is 1. The highest BCUT2D eigenvalue weighted by atomic mass is 16.5. The number of furan rings is 1. The molecular weight excluding hydrogens is 444 g/mol. The van der Waals surface area contributed by atoms with Crippen molar-refractivity contribution in [1.82, 2.24) is 9.88 Å². The number of hydrogen-bond acceptors (Lipinski definition) is 5. The van der Waals surface area contributed by atoms with E-state index in [0.717, 1.165) is 27.6 Å². The minimum Gasteiger partial charge on any atom is -0.507 e. The molecule has 178 valence electrons. The number of hydrogen-bond donors (Lipinski definition) is 2. The van der Waals surface area contributed by atoms with Crippen LogP contribution in [-0.4, -0.2) is 40.3 Å². The van der Waals surface area contributed by atoms with Gasteiger partial charge in [0.2, 0.25) is 0 Å². The number of ether oxygens (including phenoxy) is 1. The van der Waals surface area contributed by atoms with Crippen molar-refractivity contribution in [2.75, 3.05) is 13.7 Å². The van der Waals surface area contributed by atoms with Crippen LogP contribution in [0.3, 0.4) is 0 Å². The second kappa shape index (κ2) is 8.83. The summed E-state index contributed by atoms with van der Waals surface area (Å²) in [4.78, 5) is 31.2. The number of nitrogens with zero attached hydrogens (tertiary/aromatic N) is 1. The first kappa shape index (κ1) is 22.5. The van der Waals surface area contributed by atoms with Gasteiger partial charge in [0, 0.05) is 29.2 Å². The van der Waals surface area contributed by atoms with Gasteiger partial charge in [-0.3, -0.25) is 9.59 Å². The molecule has 7 heteroatoms. The molecule has 0 bridgehead atoms. The molecule has 1 unspecified atom stereocenters. The number of methoxy groups -OCH3 is 1. The molecule has 1 fully saturated rings. The van der Waals surface area contributed by atoms with Crippen molar-refractivity contribution in [3.8, 4) is 5.75 Å². The maximum atomic E-state index is 13.2. The van der Waals surface area contributed by atoms with E-state index in [1.54, 1.807) is 31.4 Å². The van der Waals surface area contributed by atoms with Gasteiger partial charge in [-0.1, -0.05) is 18.2 Å². The van der Waals surface area contributed by atoms with Crippen molar-refractivity contribution in [2.24, 2.45) is 0 Å². The number of aromatic nitrogens is 1. The average Bonchev–Trinajstić information content (AvgIpc) is 3.58. The van der Waals surface area contributed by atoms with Gasteiger partial charge in [-0.05, 0) is 67.3 Å². The zero-order valence-electron chi connectivity index (χ0n) is 19.8. The van der Waals surface area contributed by atoms with E-state index >= 15 is 0 Å². The summed E-state index contributed by atoms with van der Waals surface area (Å²) in [7, 11) is 1.58. The molecule has 7 nitrogen and oxygen atoms in total. The van der Waals surface area contributed by atoms with Crippen LogP contribution >= 0.6 is 0 Å². The van der Waals surface area contributed by atoms with Crippen LogP contribution in [-0.2, 0) is 16.0 Å². The van der Waals surface area contributed by atoms with Crippen LogP contribution in [0.5, 0.6) is 5.75 Å². The number of Topliss-reactive ketones (excluding diaryl/α,β-unsaturated/α-hetero) is 1. The summed E-state index contributed by atoms with van der Waals surface area (Å²) in [6.07, 6.45) is 3.96. The van der Waals surface area contributed by atoms with Crippen LogP contribution in [0.4, 0.5) is 0 Å². The number of aromatic amines is 1. The lowest BCUT2D eigenvalue weighted by atomic mass is 9.95. The van der Waals surface area contributed by atoms with Gasteiger partial charge in [-0.2, -0.15) is 0 Å². The number of nitrogens with one attached hydrogen (secondary N) is 1. The smallest absolute Gasteiger partial charge is 0.295 e. The van der Waals surface area contributed by atoms with Crippen molar-refractivity contribution >= 4 is 28.4 Å². The van der Waals surface area contributed by atoms with E-state index in [4.69, 9.17) is 9.15 Å². The Labute approximate surface area is 202 Å². The first-order valence-electron chi connectivity index (χ1n) is 11.4. The van der Waals surface area contributed by atoms with Crippen molar-refractivity contribution in [3.05, 3.63) is 94.6 Å². The maximum Gasteiger partial charge on any atom is 0.295 e. The van der Waals surface area contributed by atoms with E-state index in [-0.39, 0.29) is 17.9 Å². The van der Waals surface area contributed by atoms with Crippen LogP contribution in [0, 0.1) is 13.8 Å². The third-order valence-electron chi connectivity index (χ3n) is 6.65. The number of aliphatic hydroxyl groups excluding tert-OH is 1. The van der Waals surface area contributed by atoms with Gasteiger partial charge in [-0.25, -0.2) is 0 Å². The molecule has 0 saturated carbocycles. The zero-order valence-corrected chi connectivity index (χ0v) is 19.8. The number of aryl methyl sites for hydroxylation is 2. The van der Waals surface area contributed by atoms with Crippen molar-refractivity contribution in [3.63, 3.8) is 0 Å². The minimum atomic E-state index is -0.822. The Hall–Kier alpha value is -4.26. The molecule has 0 spiro atoms. The highest BCUT2D eigenvalue weighted by Gasteiger charge is 2.47. The summed E-state index contributed by atoms with van der Waals surface area (Å²) in [5.74, 6) is -0.498. The van der Waals surface area contributed by atoms with Crippen molar-refractivity contribution < 1.29 is 23.8 Å². The molecule has 2 aromatic heterocycles. The van der Waals surface area contributed by atoms with E-state index in [1.165, 1.54) is 11.2 Å². The number of amides is 1. The Morgan fingerprint density at radius 1 is 1.11 bits per heavy atom. The lowest BCUT2D eigenvalue weighted by molar-refractivity contribution is -0.140. The largest absolute Gasteiger partial charge is 0.507 e. The summed E-state index contributed by atoms with van der Waals surface area (Å²) in [5, 5.41) is 12.4. The fourth-order valence-electron chi connectivity index (χ4n) is 4.84. The number of rotatable bonds is 6. The minimum absolute atomic E-state index is 0.0246. The fourth-order valence-corrected chi connectivity index (χ4v) is 4.84. The zero-order chi connectivity index (χ0) is 24.7. The molecule has 1 saturated heterocycles. The topological polar surface area (TPSA) is 95.8 Å². The van der Waals surface area contributed by atoms with Crippen molar-refractivity contribution in [2.45, 2.75) is 26.3 Å². The van der Waals surface area contributed by atoms with Crippen LogP contribution in [0.15, 0.2) is 71.0 Å². The van der Waals surface area contributed by atoms with E-state index < -0.39 is 17.7 Å². The van der Waals surface area contributed by atoms with Gasteiger partial charge in [0.1, 0.15) is 23.3 Å². The molecule has 2 aromatic carbocycles. The summed E-state index contributed by atoms with van der Waals surface area (Å²) >= 11 is 0. The number of carbonyl (C=O) groups is 2. The molecule has 5 rings (SSSR count). The summed E-state index contributed by atoms with van der Waals surface area (Å²) in [6, 6.07) is 14.1. The van der Waals surface area contributed by atoms with Gasteiger partial charge in [0.25, 0.3) is 11.7 Å². The molecular formula is C28H26N2O5. The monoisotopic (exact) mass is 470 g/mol. The quantitative estimate of drug-likeness (QED) is 0.234. The number of para-hydroxylation sites is 1. The number of H-pyrrole nitrogens is 1. The first-order chi connectivity index (χ1) is 16.9. The molecule has 1 aliphatic heterocycles. The summed E-state index contributed by atoms with van der Waals surface area (Å²) in [5.41, 5.74) is 4.10. The van der Waals surface area contributed by atoms with E-state index in [9.17, 15) is 14.7 Å². The predicted octanol–water partition coefficient (Wildman–Crippen LogP) is 5.05. The molecule has 35 heavy (non-hydrogen) atoms. The van der Waals surface area contributed by atoms with Gasteiger partial charge < -0.3 is 24.1 Å². The molecule has 3 heterocycles. The van der Waals surface area contributed by atoms with Crippen LogP contribution in [0.2, 0.25) is 0 Å². The average molecular weight is 471 g/mol. The summed E-state index contributed by atoms with van der Waals surface area (Å²) < 4.78 is 11.0. The molecule has 4 aromatic rings. The van der Waals surface area contributed by atoms with Crippen molar-refractivity contribution in [1.29, 1.82) is 0 Å². The highest BCUT2D eigenvalue weighted by Crippen LogP contribution is 2.41. The van der Waals surface area contributed by atoms with Gasteiger partial charge in [0.15, 0.2) is 0 Å². The lowest BCUT2D eigenvalue weighted by Crippen LogP contribution is -2.31. The third-order valence-corrected chi connectivity index (χ3v) is 6.65. The van der Waals surface area contributed by atoms with Crippen LogP contribution in [0.25, 0.3) is 16.7 Å². The van der Waals surface area contributed by atoms with E-state index in [1.807, 2.05) is 44.3 Å². The Morgan fingerprint density at radius 2 is 1.91 bits per heavy atom. The number of likely N-dealkylation sites (tertiary alicyclic amines) is 1. The normalized spacial score (nSPS) is 17.5. The Balaban J connectivity index is 1.56. The Morgan fingerprint density at radius 3 is 2.66 bits per heavy atom. The molecule has 0 aliphatic carbocycles. The first-order valence-corrected chi connectivity index (χ1v) is 11.4. The number of ketones is 1. The SMILES string of the molecule is COc1cc(C)c(/C(O)=C2/C(=O)C(=O)N(CCc3c[nH]c4ccccc34)C2c2ccco2)cc1C. The number of fused-ring (bicyclic) bond motifs is 1. The van der Waals surface area contributed by atoms with Crippen LogP contribution < -0.4 is 4.74 Å². The molecule has 0 radical (unpaired) electrons. The van der Waals surface area contributed by atoms with E-state index in [0.29, 0.717) is 23.5 Å². The predicted molar refractivity (Wildman–Crippen MR) is 132 cm³/mol. The number of benzene rings is 2. The standard InChI is InChI=1S/C28H26N2O5/c1-16-14-23(34-3)17(2)13-20(16)26(31)24-25(22-9-6-12-35-22)30(28(33)27(24)32)11-10-18-15-29-21-8-5-4-7-19(18)21/h4-9,12-15,25,29,31H,10-11H2,1-3H3/b26-24-. The second-order valence-corrected chi connectivity index (χ2v) is 8.75. The molecule has 1 amide bonds. The maximum absolute atomic E-state index is 13.2. The summed E-state index contributed by atoms with van der Waals surface area (Å²) in [6.45, 7) is 3.97.